The summed E-state index contributed by atoms with van der Waals surface area (Å²) < 4.78 is 10.6. The molecule has 0 saturated heterocycles. The number of hydrogen-bond acceptors (Lipinski definition) is 3. The standard InChI is InChI=1S/C17H21NO3/c1-14-5-7-15(8-6-14)12-17(19)18-9-3-10-20-13-16-4-2-11-21-16/h2,4-8,11H,3,9-10,12-13H2,1H3,(H,18,19). The Morgan fingerprint density at radius 1 is 1.24 bits per heavy atom. The van der Waals surface area contributed by atoms with Gasteiger partial charge >= 0.3 is 0 Å². The maximum atomic E-state index is 11.7. The van der Waals surface area contributed by atoms with Crippen molar-refractivity contribution in [3.63, 3.8) is 0 Å². The molecule has 0 atom stereocenters. The van der Waals surface area contributed by atoms with Crippen molar-refractivity contribution in [3.05, 3.63) is 59.5 Å². The number of furan rings is 1. The van der Waals surface area contributed by atoms with Crippen molar-refractivity contribution < 1.29 is 13.9 Å². The van der Waals surface area contributed by atoms with E-state index in [-0.39, 0.29) is 5.91 Å². The quantitative estimate of drug-likeness (QED) is 0.760. The first kappa shape index (κ1) is 15.3. The molecule has 0 saturated carbocycles. The smallest absolute Gasteiger partial charge is 0.224 e. The van der Waals surface area contributed by atoms with Crippen molar-refractivity contribution >= 4 is 5.91 Å². The summed E-state index contributed by atoms with van der Waals surface area (Å²) in [7, 11) is 0. The first-order chi connectivity index (χ1) is 10.2. The van der Waals surface area contributed by atoms with Crippen LogP contribution in [0.1, 0.15) is 23.3 Å². The molecule has 0 aliphatic rings. The topological polar surface area (TPSA) is 51.5 Å². The molecule has 1 amide bonds. The maximum Gasteiger partial charge on any atom is 0.224 e. The van der Waals surface area contributed by atoms with Crippen LogP contribution in [0, 0.1) is 6.92 Å². The number of carbonyl (C=O) groups excluding carboxylic acids is 1. The lowest BCUT2D eigenvalue weighted by atomic mass is 10.1. The van der Waals surface area contributed by atoms with Gasteiger partial charge in [-0.3, -0.25) is 4.79 Å². The molecule has 1 heterocycles. The van der Waals surface area contributed by atoms with Gasteiger partial charge in [0.25, 0.3) is 0 Å². The Kier molecular flexibility index (Phi) is 6.03. The van der Waals surface area contributed by atoms with Crippen LogP contribution in [-0.2, 0) is 22.6 Å². The number of benzene rings is 1. The highest BCUT2D eigenvalue weighted by Crippen LogP contribution is 2.04. The zero-order chi connectivity index (χ0) is 14.9. The summed E-state index contributed by atoms with van der Waals surface area (Å²) in [5.41, 5.74) is 2.24. The Labute approximate surface area is 125 Å². The number of nitrogens with one attached hydrogen (secondary N) is 1. The second kappa shape index (κ2) is 8.27. The van der Waals surface area contributed by atoms with E-state index in [1.807, 2.05) is 43.3 Å². The van der Waals surface area contributed by atoms with Crippen LogP contribution >= 0.6 is 0 Å². The zero-order valence-corrected chi connectivity index (χ0v) is 12.3. The third-order valence-corrected chi connectivity index (χ3v) is 3.10. The van der Waals surface area contributed by atoms with Gasteiger partial charge in [-0.2, -0.15) is 0 Å². The van der Waals surface area contributed by atoms with E-state index < -0.39 is 0 Å². The van der Waals surface area contributed by atoms with E-state index in [4.69, 9.17) is 9.15 Å². The lowest BCUT2D eigenvalue weighted by Crippen LogP contribution is -2.26. The summed E-state index contributed by atoms with van der Waals surface area (Å²) in [6, 6.07) is 11.7. The fourth-order valence-corrected chi connectivity index (χ4v) is 1.92. The van der Waals surface area contributed by atoms with Gasteiger partial charge < -0.3 is 14.5 Å². The molecule has 0 aliphatic carbocycles. The second-order valence-electron chi connectivity index (χ2n) is 5.00. The molecule has 21 heavy (non-hydrogen) atoms. The molecule has 0 spiro atoms. The molecule has 0 bridgehead atoms. The molecule has 112 valence electrons. The van der Waals surface area contributed by atoms with Gasteiger partial charge in [0.2, 0.25) is 5.91 Å². The number of amides is 1. The minimum absolute atomic E-state index is 0.0462. The van der Waals surface area contributed by atoms with Crippen molar-refractivity contribution in [2.75, 3.05) is 13.2 Å². The lowest BCUT2D eigenvalue weighted by molar-refractivity contribution is -0.120. The van der Waals surface area contributed by atoms with E-state index in [0.29, 0.717) is 26.2 Å². The molecule has 1 aromatic heterocycles. The van der Waals surface area contributed by atoms with Crippen LogP contribution in [0.5, 0.6) is 0 Å². The molecular weight excluding hydrogens is 266 g/mol. The third-order valence-electron chi connectivity index (χ3n) is 3.10. The molecule has 0 aliphatic heterocycles. The van der Waals surface area contributed by atoms with Crippen LogP contribution in [0.3, 0.4) is 0 Å². The summed E-state index contributed by atoms with van der Waals surface area (Å²) in [6.45, 7) is 3.74. The first-order valence-electron chi connectivity index (χ1n) is 7.16. The van der Waals surface area contributed by atoms with E-state index in [9.17, 15) is 4.79 Å². The maximum absolute atomic E-state index is 11.7. The fraction of sp³-hybridized carbons (Fsp3) is 0.353. The van der Waals surface area contributed by atoms with E-state index in [1.54, 1.807) is 6.26 Å². The van der Waals surface area contributed by atoms with Crippen molar-refractivity contribution in [2.24, 2.45) is 0 Å². The summed E-state index contributed by atoms with van der Waals surface area (Å²) in [6.07, 6.45) is 2.85. The van der Waals surface area contributed by atoms with Crippen LogP contribution < -0.4 is 5.32 Å². The fourth-order valence-electron chi connectivity index (χ4n) is 1.92. The predicted molar refractivity (Wildman–Crippen MR) is 80.9 cm³/mol. The van der Waals surface area contributed by atoms with Crippen molar-refractivity contribution in [1.29, 1.82) is 0 Å². The van der Waals surface area contributed by atoms with E-state index >= 15 is 0 Å². The average Bonchev–Trinajstić information content (AvgIpc) is 2.98. The Morgan fingerprint density at radius 3 is 2.76 bits per heavy atom. The van der Waals surface area contributed by atoms with Gasteiger partial charge in [0.15, 0.2) is 0 Å². The Morgan fingerprint density at radius 2 is 2.05 bits per heavy atom. The largest absolute Gasteiger partial charge is 0.467 e. The summed E-state index contributed by atoms with van der Waals surface area (Å²) >= 11 is 0. The van der Waals surface area contributed by atoms with E-state index in [2.05, 4.69) is 5.32 Å². The lowest BCUT2D eigenvalue weighted by Gasteiger charge is -2.06. The highest BCUT2D eigenvalue weighted by Gasteiger charge is 2.02. The number of rotatable bonds is 8. The first-order valence-corrected chi connectivity index (χ1v) is 7.16. The normalized spacial score (nSPS) is 10.5. The SMILES string of the molecule is Cc1ccc(CC(=O)NCCCOCc2ccco2)cc1. The third kappa shape index (κ3) is 5.83. The summed E-state index contributed by atoms with van der Waals surface area (Å²) in [4.78, 5) is 11.7. The van der Waals surface area contributed by atoms with Crippen LogP contribution in [-0.4, -0.2) is 19.1 Å². The molecule has 1 N–H and O–H groups in total. The van der Waals surface area contributed by atoms with Gasteiger partial charge in [0.1, 0.15) is 12.4 Å². The molecular formula is C17H21NO3. The van der Waals surface area contributed by atoms with E-state index in [0.717, 1.165) is 17.7 Å². The highest BCUT2D eigenvalue weighted by molar-refractivity contribution is 5.78. The number of ether oxygens (including phenoxy) is 1. The van der Waals surface area contributed by atoms with Gasteiger partial charge in [-0.25, -0.2) is 0 Å². The van der Waals surface area contributed by atoms with Gasteiger partial charge in [0, 0.05) is 13.2 Å². The minimum Gasteiger partial charge on any atom is -0.467 e. The summed E-state index contributed by atoms with van der Waals surface area (Å²) in [5, 5.41) is 2.90. The highest BCUT2D eigenvalue weighted by atomic mass is 16.5. The molecule has 4 heteroatoms. The molecule has 0 unspecified atom stereocenters. The zero-order valence-electron chi connectivity index (χ0n) is 12.3. The monoisotopic (exact) mass is 287 g/mol. The number of aryl methyl sites for hydroxylation is 1. The second-order valence-corrected chi connectivity index (χ2v) is 5.00. The van der Waals surface area contributed by atoms with Gasteiger partial charge in [-0.05, 0) is 31.0 Å². The van der Waals surface area contributed by atoms with Crippen molar-refractivity contribution in [2.45, 2.75) is 26.4 Å². The molecule has 2 aromatic rings. The summed E-state index contributed by atoms with van der Waals surface area (Å²) in [5.74, 6) is 0.864. The minimum atomic E-state index is 0.0462. The van der Waals surface area contributed by atoms with Gasteiger partial charge in [-0.1, -0.05) is 29.8 Å². The predicted octanol–water partition coefficient (Wildman–Crippen LogP) is 2.85. The average molecular weight is 287 g/mol. The van der Waals surface area contributed by atoms with Crippen LogP contribution in [0.4, 0.5) is 0 Å². The van der Waals surface area contributed by atoms with Crippen LogP contribution in [0.15, 0.2) is 47.1 Å². The number of hydrogen-bond donors (Lipinski definition) is 1. The van der Waals surface area contributed by atoms with Crippen molar-refractivity contribution in [3.8, 4) is 0 Å². The van der Waals surface area contributed by atoms with Crippen LogP contribution in [0.25, 0.3) is 0 Å². The van der Waals surface area contributed by atoms with E-state index in [1.165, 1.54) is 5.56 Å². The van der Waals surface area contributed by atoms with Gasteiger partial charge in [-0.15, -0.1) is 0 Å². The molecule has 0 fully saturated rings. The van der Waals surface area contributed by atoms with Crippen molar-refractivity contribution in [1.82, 2.24) is 5.32 Å². The molecule has 0 radical (unpaired) electrons. The van der Waals surface area contributed by atoms with Gasteiger partial charge in [0.05, 0.1) is 12.7 Å². The number of carbonyl (C=O) groups is 1. The Bertz CT molecular complexity index is 532. The van der Waals surface area contributed by atoms with Crippen LogP contribution in [0.2, 0.25) is 0 Å². The molecule has 2 rings (SSSR count). The molecule has 1 aromatic carbocycles. The Hall–Kier alpha value is -2.07. The Balaban J connectivity index is 1.54. The molecule has 4 nitrogen and oxygen atoms in total.